The lowest BCUT2D eigenvalue weighted by atomic mass is 10.1. The molecule has 0 unspecified atom stereocenters. The van der Waals surface area contributed by atoms with Gasteiger partial charge in [0.15, 0.2) is 0 Å². The highest BCUT2D eigenvalue weighted by Crippen LogP contribution is 2.15. The van der Waals surface area contributed by atoms with Gasteiger partial charge >= 0.3 is 6.03 Å². The molecule has 0 aromatic carbocycles. The molecule has 1 aliphatic heterocycles. The van der Waals surface area contributed by atoms with Crippen LogP contribution >= 0.6 is 0 Å². The molecular formula is C6H12N2O2. The monoisotopic (exact) mass is 144 g/mol. The first-order valence-corrected chi connectivity index (χ1v) is 3.30. The summed E-state index contributed by atoms with van der Waals surface area (Å²) in [5.41, 5.74) is 5.05. The van der Waals surface area contributed by atoms with E-state index in [0.29, 0.717) is 6.61 Å². The van der Waals surface area contributed by atoms with Crippen LogP contribution in [-0.2, 0) is 4.74 Å². The zero-order valence-corrected chi connectivity index (χ0v) is 6.04. The first-order chi connectivity index (χ1) is 4.75. The first-order valence-electron chi connectivity index (χ1n) is 3.30. The zero-order chi connectivity index (χ0) is 7.56. The second-order valence-corrected chi connectivity index (χ2v) is 2.43. The molecule has 2 N–H and O–H groups in total. The van der Waals surface area contributed by atoms with Crippen LogP contribution in [0.2, 0.25) is 0 Å². The van der Waals surface area contributed by atoms with Crippen molar-refractivity contribution in [3.63, 3.8) is 0 Å². The van der Waals surface area contributed by atoms with Gasteiger partial charge in [0.05, 0.1) is 12.6 Å². The molecule has 0 aromatic heterocycles. The Balaban J connectivity index is 2.28. The van der Waals surface area contributed by atoms with E-state index in [1.165, 1.54) is 0 Å². The minimum absolute atomic E-state index is 0.225. The molecule has 1 atom stereocenters. The quantitative estimate of drug-likeness (QED) is 0.582. The van der Waals surface area contributed by atoms with Gasteiger partial charge in [-0.25, -0.2) is 4.79 Å². The van der Waals surface area contributed by atoms with Crippen molar-refractivity contribution in [2.24, 2.45) is 5.73 Å². The van der Waals surface area contributed by atoms with Crippen molar-refractivity contribution in [3.8, 4) is 0 Å². The molecule has 0 radical (unpaired) electrons. The molecule has 4 nitrogen and oxygen atoms in total. The third-order valence-corrected chi connectivity index (χ3v) is 1.79. The summed E-state index contributed by atoms with van der Waals surface area (Å²) in [7, 11) is 1.62. The molecule has 1 fully saturated rings. The van der Waals surface area contributed by atoms with E-state index < -0.39 is 0 Å². The number of urea groups is 1. The van der Waals surface area contributed by atoms with Crippen LogP contribution in [0.3, 0.4) is 0 Å². The third kappa shape index (κ3) is 1.21. The van der Waals surface area contributed by atoms with Crippen LogP contribution in [0.4, 0.5) is 4.79 Å². The van der Waals surface area contributed by atoms with E-state index in [9.17, 15) is 4.79 Å². The van der Waals surface area contributed by atoms with Crippen LogP contribution in [0, 0.1) is 0 Å². The molecule has 0 aromatic rings. The summed E-state index contributed by atoms with van der Waals surface area (Å²) in [6.45, 7) is 1.38. The highest BCUT2D eigenvalue weighted by atomic mass is 16.5. The van der Waals surface area contributed by atoms with Crippen LogP contribution < -0.4 is 5.73 Å². The average Bonchev–Trinajstić information content (AvgIpc) is 1.78. The molecular weight excluding hydrogens is 132 g/mol. The van der Waals surface area contributed by atoms with Crippen LogP contribution in [-0.4, -0.2) is 37.2 Å². The van der Waals surface area contributed by atoms with Gasteiger partial charge in [0, 0.05) is 13.7 Å². The molecule has 0 bridgehead atoms. The van der Waals surface area contributed by atoms with Crippen molar-refractivity contribution in [1.82, 2.24) is 4.90 Å². The Labute approximate surface area is 59.9 Å². The summed E-state index contributed by atoms with van der Waals surface area (Å²) in [4.78, 5) is 12.2. The predicted octanol–water partition coefficient (Wildman–Crippen LogP) is -0.214. The molecule has 1 heterocycles. The van der Waals surface area contributed by atoms with Gasteiger partial charge in [0.25, 0.3) is 0 Å². The number of carbonyl (C=O) groups is 1. The molecule has 0 saturated carbocycles. The predicted molar refractivity (Wildman–Crippen MR) is 36.6 cm³/mol. The van der Waals surface area contributed by atoms with E-state index >= 15 is 0 Å². The summed E-state index contributed by atoms with van der Waals surface area (Å²) < 4.78 is 4.88. The number of rotatable bonds is 2. The van der Waals surface area contributed by atoms with E-state index in [0.717, 1.165) is 13.0 Å². The summed E-state index contributed by atoms with van der Waals surface area (Å²) in [6, 6.07) is -0.115. The minimum atomic E-state index is -0.340. The maximum atomic E-state index is 10.6. The highest BCUT2D eigenvalue weighted by Gasteiger charge is 2.30. The Bertz CT molecular complexity index is 138. The number of hydrogen-bond donors (Lipinski definition) is 1. The number of ether oxygens (including phenoxy) is 1. The fourth-order valence-corrected chi connectivity index (χ4v) is 1.10. The number of nitrogens with zero attached hydrogens (tertiary/aromatic N) is 1. The van der Waals surface area contributed by atoms with E-state index in [4.69, 9.17) is 10.5 Å². The first kappa shape index (κ1) is 7.34. The Morgan fingerprint density at radius 2 is 2.60 bits per heavy atom. The average molecular weight is 144 g/mol. The number of hydrogen-bond acceptors (Lipinski definition) is 2. The number of carbonyl (C=O) groups excluding carboxylic acids is 1. The van der Waals surface area contributed by atoms with Crippen LogP contribution in [0.15, 0.2) is 0 Å². The normalized spacial score (nSPS) is 24.1. The van der Waals surface area contributed by atoms with Crippen LogP contribution in [0.5, 0.6) is 0 Å². The molecule has 4 heteroatoms. The second kappa shape index (κ2) is 2.88. The smallest absolute Gasteiger partial charge is 0.315 e. The van der Waals surface area contributed by atoms with Crippen LogP contribution in [0.1, 0.15) is 6.42 Å². The van der Waals surface area contributed by atoms with Gasteiger partial charge in [-0.3, -0.25) is 0 Å². The Kier molecular flexibility index (Phi) is 2.11. The highest BCUT2D eigenvalue weighted by molar-refractivity contribution is 5.73. The molecule has 1 aliphatic rings. The number of amides is 2. The van der Waals surface area contributed by atoms with E-state index in [2.05, 4.69) is 0 Å². The lowest BCUT2D eigenvalue weighted by molar-refractivity contribution is 0.0529. The minimum Gasteiger partial charge on any atom is -0.383 e. The van der Waals surface area contributed by atoms with Gasteiger partial charge < -0.3 is 15.4 Å². The second-order valence-electron chi connectivity index (χ2n) is 2.43. The summed E-state index contributed by atoms with van der Waals surface area (Å²) >= 11 is 0. The molecule has 1 saturated heterocycles. The SMILES string of the molecule is COC[C@H]1CCN1C(N)=O. The Morgan fingerprint density at radius 3 is 2.90 bits per heavy atom. The van der Waals surface area contributed by atoms with Gasteiger partial charge in [-0.15, -0.1) is 0 Å². The molecule has 2 amide bonds. The summed E-state index contributed by atoms with van der Waals surface area (Å²) in [5.74, 6) is 0. The molecule has 10 heavy (non-hydrogen) atoms. The van der Waals surface area contributed by atoms with E-state index in [1.807, 2.05) is 0 Å². The van der Waals surface area contributed by atoms with Crippen molar-refractivity contribution >= 4 is 6.03 Å². The number of nitrogens with two attached hydrogens (primary N) is 1. The van der Waals surface area contributed by atoms with Gasteiger partial charge in [-0.1, -0.05) is 0 Å². The van der Waals surface area contributed by atoms with E-state index in [-0.39, 0.29) is 12.1 Å². The van der Waals surface area contributed by atoms with Gasteiger partial charge in [-0.05, 0) is 6.42 Å². The van der Waals surface area contributed by atoms with E-state index in [1.54, 1.807) is 12.0 Å². The number of methoxy groups -OCH3 is 1. The summed E-state index contributed by atoms with van der Waals surface area (Å²) in [6.07, 6.45) is 1.01. The fourth-order valence-electron chi connectivity index (χ4n) is 1.10. The molecule has 1 rings (SSSR count). The Hall–Kier alpha value is -0.770. The van der Waals surface area contributed by atoms with Crippen molar-refractivity contribution in [2.45, 2.75) is 12.5 Å². The van der Waals surface area contributed by atoms with Gasteiger partial charge in [0.2, 0.25) is 0 Å². The summed E-state index contributed by atoms with van der Waals surface area (Å²) in [5, 5.41) is 0. The zero-order valence-electron chi connectivity index (χ0n) is 6.04. The standard InChI is InChI=1S/C6H12N2O2/c1-10-4-5-2-3-8(5)6(7)9/h5H,2-4H2,1H3,(H2,7,9)/t5-/m1/s1. The number of primary amides is 1. The topological polar surface area (TPSA) is 55.6 Å². The third-order valence-electron chi connectivity index (χ3n) is 1.79. The molecule has 0 aliphatic carbocycles. The van der Waals surface area contributed by atoms with Crippen LogP contribution in [0.25, 0.3) is 0 Å². The van der Waals surface area contributed by atoms with Crippen molar-refractivity contribution in [2.75, 3.05) is 20.3 Å². The largest absolute Gasteiger partial charge is 0.383 e. The maximum Gasteiger partial charge on any atom is 0.315 e. The lowest BCUT2D eigenvalue weighted by Crippen LogP contribution is -2.55. The van der Waals surface area contributed by atoms with Crippen molar-refractivity contribution < 1.29 is 9.53 Å². The lowest BCUT2D eigenvalue weighted by Gasteiger charge is -2.39. The molecule has 0 spiro atoms. The maximum absolute atomic E-state index is 10.6. The fraction of sp³-hybridized carbons (Fsp3) is 0.833. The van der Waals surface area contributed by atoms with Gasteiger partial charge in [-0.2, -0.15) is 0 Å². The van der Waals surface area contributed by atoms with Crippen molar-refractivity contribution in [1.29, 1.82) is 0 Å². The molecule has 58 valence electrons. The Morgan fingerprint density at radius 1 is 1.90 bits per heavy atom. The van der Waals surface area contributed by atoms with Crippen molar-refractivity contribution in [3.05, 3.63) is 0 Å². The van der Waals surface area contributed by atoms with Gasteiger partial charge in [0.1, 0.15) is 0 Å². The number of likely N-dealkylation sites (tertiary alicyclic amines) is 1.